The van der Waals surface area contributed by atoms with Crippen LogP contribution in [0.2, 0.25) is 0 Å². The molecule has 0 heterocycles. The maximum atomic E-state index is 11.6. The zero-order valence-corrected chi connectivity index (χ0v) is 10.7. The average molecular weight is 282 g/mol. The number of ether oxygens (including phenoxy) is 1. The van der Waals surface area contributed by atoms with Crippen LogP contribution in [-0.4, -0.2) is 41.7 Å². The Balaban J connectivity index is 2.63. The summed E-state index contributed by atoms with van der Waals surface area (Å²) in [4.78, 5) is 32.5. The van der Waals surface area contributed by atoms with E-state index in [2.05, 4.69) is 10.1 Å². The van der Waals surface area contributed by atoms with Gasteiger partial charge in [0.2, 0.25) is 5.91 Å². The smallest absolute Gasteiger partial charge is 0.334 e. The van der Waals surface area contributed by atoms with E-state index in [1.54, 1.807) is 6.07 Å². The highest BCUT2D eigenvalue weighted by Gasteiger charge is 2.19. The van der Waals surface area contributed by atoms with Crippen LogP contribution in [0.1, 0.15) is 5.56 Å². The van der Waals surface area contributed by atoms with E-state index in [4.69, 9.17) is 5.11 Å². The molecule has 1 aromatic carbocycles. The Morgan fingerprint density at radius 1 is 1.45 bits per heavy atom. The van der Waals surface area contributed by atoms with E-state index < -0.39 is 22.9 Å². The first-order valence-electron chi connectivity index (χ1n) is 5.70. The van der Waals surface area contributed by atoms with Gasteiger partial charge in [0.05, 0.1) is 17.9 Å². The van der Waals surface area contributed by atoms with E-state index >= 15 is 0 Å². The minimum Gasteiger partial charge on any atom is -0.479 e. The summed E-state index contributed by atoms with van der Waals surface area (Å²) in [7, 11) is 1.22. The van der Waals surface area contributed by atoms with Gasteiger partial charge in [-0.15, -0.1) is 0 Å². The SMILES string of the molecule is COC(CNC(=O)Cc1ccccc1[N+](=O)[O-])C(=O)O. The third-order valence-corrected chi connectivity index (χ3v) is 2.58. The Morgan fingerprint density at radius 2 is 2.10 bits per heavy atom. The van der Waals surface area contributed by atoms with Crippen molar-refractivity contribution in [3.05, 3.63) is 39.9 Å². The summed E-state index contributed by atoms with van der Waals surface area (Å²) >= 11 is 0. The number of rotatable bonds is 7. The van der Waals surface area contributed by atoms with Crippen LogP contribution in [-0.2, 0) is 20.7 Å². The summed E-state index contributed by atoms with van der Waals surface area (Å²) in [6, 6.07) is 5.87. The fraction of sp³-hybridized carbons (Fsp3) is 0.333. The van der Waals surface area contributed by atoms with Crippen LogP contribution in [0.5, 0.6) is 0 Å². The molecule has 1 atom stereocenters. The molecule has 0 aliphatic rings. The molecule has 0 bridgehead atoms. The monoisotopic (exact) mass is 282 g/mol. The highest BCUT2D eigenvalue weighted by Crippen LogP contribution is 2.17. The number of aliphatic carboxylic acids is 1. The molecule has 0 spiro atoms. The molecule has 0 aliphatic heterocycles. The van der Waals surface area contributed by atoms with Crippen molar-refractivity contribution >= 4 is 17.6 Å². The first-order chi connectivity index (χ1) is 9.45. The number of carboxylic acids is 1. The van der Waals surface area contributed by atoms with Gasteiger partial charge in [0, 0.05) is 18.7 Å². The van der Waals surface area contributed by atoms with E-state index in [0.29, 0.717) is 0 Å². The molecular formula is C12H14N2O6. The number of carboxylic acid groups (broad SMARTS) is 1. The third kappa shape index (κ3) is 4.32. The number of nitrogens with one attached hydrogen (secondary N) is 1. The van der Waals surface area contributed by atoms with Crippen molar-refractivity contribution in [2.75, 3.05) is 13.7 Å². The molecule has 0 aliphatic carbocycles. The molecule has 8 nitrogen and oxygen atoms in total. The Labute approximate surface area is 114 Å². The molecule has 8 heteroatoms. The first-order valence-corrected chi connectivity index (χ1v) is 5.70. The lowest BCUT2D eigenvalue weighted by atomic mass is 10.1. The van der Waals surface area contributed by atoms with Crippen LogP contribution in [0.25, 0.3) is 0 Å². The summed E-state index contributed by atoms with van der Waals surface area (Å²) in [5, 5.41) is 21.9. The van der Waals surface area contributed by atoms with E-state index in [0.717, 1.165) is 0 Å². The van der Waals surface area contributed by atoms with Crippen molar-refractivity contribution < 1.29 is 24.4 Å². The molecule has 0 saturated heterocycles. The summed E-state index contributed by atoms with van der Waals surface area (Å²) in [6.07, 6.45) is -1.35. The molecule has 0 radical (unpaired) electrons. The number of nitrogens with zero attached hydrogens (tertiary/aromatic N) is 1. The normalized spacial score (nSPS) is 11.7. The second kappa shape index (κ2) is 7.19. The maximum Gasteiger partial charge on any atom is 0.334 e. The summed E-state index contributed by atoms with van der Waals surface area (Å²) in [5.41, 5.74) is 0.114. The number of methoxy groups -OCH3 is 1. The van der Waals surface area contributed by atoms with Gasteiger partial charge in [0.1, 0.15) is 0 Å². The largest absolute Gasteiger partial charge is 0.479 e. The number of carbonyl (C=O) groups is 2. The van der Waals surface area contributed by atoms with Crippen molar-refractivity contribution in [2.45, 2.75) is 12.5 Å². The van der Waals surface area contributed by atoms with Crippen LogP contribution in [0, 0.1) is 10.1 Å². The van der Waals surface area contributed by atoms with Gasteiger partial charge in [-0.3, -0.25) is 14.9 Å². The first kappa shape index (κ1) is 15.6. The Hall–Kier alpha value is -2.48. The van der Waals surface area contributed by atoms with Crippen molar-refractivity contribution in [1.82, 2.24) is 5.32 Å². The number of carbonyl (C=O) groups excluding carboxylic acids is 1. The number of nitro benzene ring substituents is 1. The number of benzene rings is 1. The molecule has 0 fully saturated rings. The minimum absolute atomic E-state index is 0.149. The second-order valence-electron chi connectivity index (χ2n) is 3.93. The quantitative estimate of drug-likeness (QED) is 0.550. The van der Waals surface area contributed by atoms with Crippen molar-refractivity contribution in [3.8, 4) is 0 Å². The van der Waals surface area contributed by atoms with Gasteiger partial charge in [-0.1, -0.05) is 18.2 Å². The van der Waals surface area contributed by atoms with E-state index in [1.807, 2.05) is 0 Å². The maximum absolute atomic E-state index is 11.6. The lowest BCUT2D eigenvalue weighted by Crippen LogP contribution is -2.38. The fourth-order valence-corrected chi connectivity index (χ4v) is 1.55. The molecule has 0 saturated carbocycles. The predicted octanol–water partition coefficient (Wildman–Crippen LogP) is 0.353. The molecule has 1 rings (SSSR count). The molecule has 1 aromatic rings. The summed E-state index contributed by atoms with van der Waals surface area (Å²) in [5.74, 6) is -1.71. The predicted molar refractivity (Wildman–Crippen MR) is 68.2 cm³/mol. The molecule has 1 amide bonds. The van der Waals surface area contributed by atoms with E-state index in [1.165, 1.54) is 25.3 Å². The van der Waals surface area contributed by atoms with Gasteiger partial charge in [-0.25, -0.2) is 4.79 Å². The zero-order valence-electron chi connectivity index (χ0n) is 10.7. The summed E-state index contributed by atoms with van der Waals surface area (Å²) in [6.45, 7) is -0.203. The number of hydrogen-bond acceptors (Lipinski definition) is 5. The Morgan fingerprint density at radius 3 is 2.65 bits per heavy atom. The lowest BCUT2D eigenvalue weighted by Gasteiger charge is -2.11. The Kier molecular flexibility index (Phi) is 5.60. The average Bonchev–Trinajstić information content (AvgIpc) is 2.39. The molecule has 20 heavy (non-hydrogen) atoms. The highest BCUT2D eigenvalue weighted by atomic mass is 16.6. The number of amides is 1. The lowest BCUT2D eigenvalue weighted by molar-refractivity contribution is -0.385. The summed E-state index contributed by atoms with van der Waals surface area (Å²) < 4.78 is 4.65. The van der Waals surface area contributed by atoms with E-state index in [9.17, 15) is 19.7 Å². The molecule has 0 aromatic heterocycles. The van der Waals surface area contributed by atoms with Gasteiger partial charge in [0.15, 0.2) is 6.10 Å². The van der Waals surface area contributed by atoms with Crippen LogP contribution in [0.4, 0.5) is 5.69 Å². The number of para-hydroxylation sites is 1. The van der Waals surface area contributed by atoms with Gasteiger partial charge < -0.3 is 15.2 Å². The van der Waals surface area contributed by atoms with E-state index in [-0.39, 0.29) is 24.2 Å². The topological polar surface area (TPSA) is 119 Å². The third-order valence-electron chi connectivity index (χ3n) is 2.58. The molecule has 1 unspecified atom stereocenters. The molecular weight excluding hydrogens is 268 g/mol. The standard InChI is InChI=1S/C12H14N2O6/c1-20-10(12(16)17)7-13-11(15)6-8-4-2-3-5-9(8)14(18)19/h2-5,10H,6-7H2,1H3,(H,13,15)(H,16,17). The highest BCUT2D eigenvalue weighted by molar-refractivity contribution is 5.81. The van der Waals surface area contributed by atoms with Crippen LogP contribution in [0.3, 0.4) is 0 Å². The van der Waals surface area contributed by atoms with Crippen molar-refractivity contribution in [2.24, 2.45) is 0 Å². The van der Waals surface area contributed by atoms with Gasteiger partial charge >= 0.3 is 5.97 Å². The van der Waals surface area contributed by atoms with Gasteiger partial charge in [-0.05, 0) is 0 Å². The number of hydrogen-bond donors (Lipinski definition) is 2. The fourth-order valence-electron chi connectivity index (χ4n) is 1.55. The minimum atomic E-state index is -1.20. The van der Waals surface area contributed by atoms with Crippen LogP contribution >= 0.6 is 0 Å². The second-order valence-corrected chi connectivity index (χ2v) is 3.93. The van der Waals surface area contributed by atoms with Gasteiger partial charge in [0.25, 0.3) is 5.69 Å². The molecule has 2 N–H and O–H groups in total. The Bertz CT molecular complexity index is 516. The van der Waals surface area contributed by atoms with Gasteiger partial charge in [-0.2, -0.15) is 0 Å². The van der Waals surface area contributed by atoms with Crippen molar-refractivity contribution in [3.63, 3.8) is 0 Å². The van der Waals surface area contributed by atoms with Crippen LogP contribution < -0.4 is 5.32 Å². The zero-order chi connectivity index (χ0) is 15.1. The van der Waals surface area contributed by atoms with Crippen LogP contribution in [0.15, 0.2) is 24.3 Å². The number of nitro groups is 1. The van der Waals surface area contributed by atoms with Crippen molar-refractivity contribution in [1.29, 1.82) is 0 Å². The molecule has 108 valence electrons.